The third-order valence-electron chi connectivity index (χ3n) is 5.20. The summed E-state index contributed by atoms with van der Waals surface area (Å²) >= 11 is 0. The first-order chi connectivity index (χ1) is 13.9. The van der Waals surface area contributed by atoms with Gasteiger partial charge in [0.1, 0.15) is 0 Å². The summed E-state index contributed by atoms with van der Waals surface area (Å²) in [6.07, 6.45) is 3.90. The van der Waals surface area contributed by atoms with Crippen LogP contribution in [0.1, 0.15) is 15.9 Å². The number of carbonyl (C=O) groups is 1. The van der Waals surface area contributed by atoms with Crippen molar-refractivity contribution in [3.05, 3.63) is 84.2 Å². The number of sulfonamides is 1. The number of piperazine rings is 1. The highest BCUT2D eigenvalue weighted by molar-refractivity contribution is 7.89. The number of carbonyl (C=O) groups excluding carboxylic acids is 1. The predicted octanol–water partition coefficient (Wildman–Crippen LogP) is 2.93. The van der Waals surface area contributed by atoms with Crippen LogP contribution in [0.2, 0.25) is 0 Å². The Labute approximate surface area is 171 Å². The first-order valence-electron chi connectivity index (χ1n) is 9.55. The van der Waals surface area contributed by atoms with Gasteiger partial charge in [-0.2, -0.15) is 4.31 Å². The van der Waals surface area contributed by atoms with E-state index in [2.05, 4.69) is 0 Å². The van der Waals surface area contributed by atoms with Gasteiger partial charge in [-0.15, -0.1) is 0 Å². The molecule has 7 heteroatoms. The number of hydrogen-bond acceptors (Lipinski definition) is 3. The fourth-order valence-electron chi connectivity index (χ4n) is 3.46. The molecule has 0 N–H and O–H groups in total. The zero-order valence-corrected chi connectivity index (χ0v) is 17.0. The molecule has 1 fully saturated rings. The number of benzene rings is 2. The number of hydrogen-bond donors (Lipinski definition) is 0. The van der Waals surface area contributed by atoms with Gasteiger partial charge >= 0.3 is 0 Å². The predicted molar refractivity (Wildman–Crippen MR) is 112 cm³/mol. The lowest BCUT2D eigenvalue weighted by molar-refractivity contribution is 0.0698. The molecule has 1 aromatic heterocycles. The van der Waals surface area contributed by atoms with Crippen molar-refractivity contribution in [2.75, 3.05) is 26.2 Å². The van der Waals surface area contributed by atoms with Gasteiger partial charge in [0.15, 0.2) is 0 Å². The Morgan fingerprint density at radius 1 is 0.828 bits per heavy atom. The van der Waals surface area contributed by atoms with Crippen molar-refractivity contribution in [2.45, 2.75) is 11.8 Å². The number of aromatic nitrogens is 1. The number of aryl methyl sites for hydroxylation is 1. The van der Waals surface area contributed by atoms with E-state index in [9.17, 15) is 13.2 Å². The summed E-state index contributed by atoms with van der Waals surface area (Å²) in [4.78, 5) is 14.8. The highest BCUT2D eigenvalue weighted by Gasteiger charge is 2.30. The molecular weight excluding hydrogens is 386 g/mol. The maximum atomic E-state index is 12.8. The van der Waals surface area contributed by atoms with E-state index in [0.717, 1.165) is 11.3 Å². The van der Waals surface area contributed by atoms with Crippen molar-refractivity contribution in [1.82, 2.24) is 13.8 Å². The molecular formula is C22H23N3O3S. The van der Waals surface area contributed by atoms with E-state index < -0.39 is 10.0 Å². The topological polar surface area (TPSA) is 62.6 Å². The molecule has 2 heterocycles. The van der Waals surface area contributed by atoms with E-state index in [4.69, 9.17) is 0 Å². The summed E-state index contributed by atoms with van der Waals surface area (Å²) < 4.78 is 29.1. The Hall–Kier alpha value is -2.90. The standard InChI is InChI=1S/C22H23N3O3S/c1-18-4-10-21(11-5-18)29(27,28)25-16-14-24(15-17-25)22(26)19-6-8-20(9-7-19)23-12-2-3-13-23/h2-13H,14-17H2,1H3. The van der Waals surface area contributed by atoms with Crippen LogP contribution in [0.25, 0.3) is 5.69 Å². The molecule has 1 amide bonds. The highest BCUT2D eigenvalue weighted by atomic mass is 32.2. The van der Waals surface area contributed by atoms with Gasteiger partial charge in [-0.1, -0.05) is 17.7 Å². The second-order valence-electron chi connectivity index (χ2n) is 7.15. The summed E-state index contributed by atoms with van der Waals surface area (Å²) in [5.41, 5.74) is 2.61. The van der Waals surface area contributed by atoms with Gasteiger partial charge in [0.05, 0.1) is 4.90 Å². The highest BCUT2D eigenvalue weighted by Crippen LogP contribution is 2.19. The minimum atomic E-state index is -3.53. The van der Waals surface area contributed by atoms with Gasteiger partial charge < -0.3 is 9.47 Å². The van der Waals surface area contributed by atoms with E-state index in [1.807, 2.05) is 60.3 Å². The van der Waals surface area contributed by atoms with E-state index in [1.165, 1.54) is 4.31 Å². The maximum Gasteiger partial charge on any atom is 0.253 e. The van der Waals surface area contributed by atoms with Crippen LogP contribution in [0.5, 0.6) is 0 Å². The smallest absolute Gasteiger partial charge is 0.253 e. The fraction of sp³-hybridized carbons (Fsp3) is 0.227. The summed E-state index contributed by atoms with van der Waals surface area (Å²) in [6, 6.07) is 18.2. The zero-order valence-electron chi connectivity index (χ0n) is 16.2. The molecule has 0 radical (unpaired) electrons. The zero-order chi connectivity index (χ0) is 20.4. The van der Waals surface area contributed by atoms with Crippen LogP contribution < -0.4 is 0 Å². The Balaban J connectivity index is 1.41. The molecule has 3 aromatic rings. The van der Waals surface area contributed by atoms with Crippen LogP contribution in [-0.2, 0) is 10.0 Å². The lowest BCUT2D eigenvalue weighted by Gasteiger charge is -2.34. The average Bonchev–Trinajstić information content (AvgIpc) is 3.29. The van der Waals surface area contributed by atoms with Crippen molar-refractivity contribution >= 4 is 15.9 Å². The lowest BCUT2D eigenvalue weighted by Crippen LogP contribution is -2.50. The van der Waals surface area contributed by atoms with Gasteiger partial charge in [-0.3, -0.25) is 4.79 Å². The van der Waals surface area contributed by atoms with Gasteiger partial charge in [-0.05, 0) is 55.5 Å². The molecule has 4 rings (SSSR count). The Kier molecular flexibility index (Phi) is 5.25. The van der Waals surface area contributed by atoms with Gasteiger partial charge in [0.2, 0.25) is 10.0 Å². The van der Waals surface area contributed by atoms with Crippen LogP contribution in [0.4, 0.5) is 0 Å². The van der Waals surface area contributed by atoms with Crippen molar-refractivity contribution in [3.63, 3.8) is 0 Å². The first kappa shape index (κ1) is 19.4. The molecule has 1 aliphatic heterocycles. The van der Waals surface area contributed by atoms with E-state index in [1.54, 1.807) is 29.2 Å². The monoisotopic (exact) mass is 409 g/mol. The maximum absolute atomic E-state index is 12.8. The number of rotatable bonds is 4. The SMILES string of the molecule is Cc1ccc(S(=O)(=O)N2CCN(C(=O)c3ccc(-n4cccc4)cc3)CC2)cc1. The summed E-state index contributed by atoms with van der Waals surface area (Å²) in [5.74, 6) is -0.0727. The fourth-order valence-corrected chi connectivity index (χ4v) is 4.88. The molecule has 1 aliphatic rings. The minimum absolute atomic E-state index is 0.0727. The van der Waals surface area contributed by atoms with Crippen LogP contribution in [0.15, 0.2) is 78.0 Å². The Morgan fingerprint density at radius 3 is 2.00 bits per heavy atom. The van der Waals surface area contributed by atoms with Gasteiger partial charge in [-0.25, -0.2) is 8.42 Å². The Bertz CT molecular complexity index is 1080. The average molecular weight is 410 g/mol. The molecule has 0 saturated carbocycles. The molecule has 0 spiro atoms. The minimum Gasteiger partial charge on any atom is -0.336 e. The molecule has 29 heavy (non-hydrogen) atoms. The largest absolute Gasteiger partial charge is 0.336 e. The van der Waals surface area contributed by atoms with E-state index in [-0.39, 0.29) is 5.91 Å². The second kappa shape index (κ2) is 7.85. The molecule has 150 valence electrons. The molecule has 6 nitrogen and oxygen atoms in total. The molecule has 0 atom stereocenters. The summed E-state index contributed by atoms with van der Waals surface area (Å²) in [7, 11) is -3.53. The van der Waals surface area contributed by atoms with Crippen LogP contribution >= 0.6 is 0 Å². The quantitative estimate of drug-likeness (QED) is 0.666. The Morgan fingerprint density at radius 2 is 1.41 bits per heavy atom. The van der Waals surface area contributed by atoms with E-state index in [0.29, 0.717) is 36.6 Å². The number of nitrogens with zero attached hydrogens (tertiary/aromatic N) is 3. The summed E-state index contributed by atoms with van der Waals surface area (Å²) in [5, 5.41) is 0. The van der Waals surface area contributed by atoms with Gasteiger partial charge in [0.25, 0.3) is 5.91 Å². The third kappa shape index (κ3) is 3.97. The molecule has 1 saturated heterocycles. The van der Waals surface area contributed by atoms with Crippen LogP contribution in [0.3, 0.4) is 0 Å². The van der Waals surface area contributed by atoms with Crippen molar-refractivity contribution in [1.29, 1.82) is 0 Å². The van der Waals surface area contributed by atoms with Crippen molar-refractivity contribution < 1.29 is 13.2 Å². The normalized spacial score (nSPS) is 15.4. The van der Waals surface area contributed by atoms with Gasteiger partial charge in [0, 0.05) is 49.8 Å². The van der Waals surface area contributed by atoms with Crippen molar-refractivity contribution in [3.8, 4) is 5.69 Å². The molecule has 2 aromatic carbocycles. The summed E-state index contributed by atoms with van der Waals surface area (Å²) in [6.45, 7) is 3.27. The first-order valence-corrected chi connectivity index (χ1v) is 11.0. The van der Waals surface area contributed by atoms with Crippen LogP contribution in [0, 0.1) is 6.92 Å². The molecule has 0 unspecified atom stereocenters. The van der Waals surface area contributed by atoms with Crippen molar-refractivity contribution in [2.24, 2.45) is 0 Å². The third-order valence-corrected chi connectivity index (χ3v) is 7.11. The second-order valence-corrected chi connectivity index (χ2v) is 9.08. The molecule has 0 bridgehead atoms. The van der Waals surface area contributed by atoms with E-state index >= 15 is 0 Å². The number of amides is 1. The lowest BCUT2D eigenvalue weighted by atomic mass is 10.1. The van der Waals surface area contributed by atoms with Crippen LogP contribution in [-0.4, -0.2) is 54.3 Å². The molecule has 0 aliphatic carbocycles.